The third-order valence-corrected chi connectivity index (χ3v) is 5.15. The molecule has 0 aliphatic carbocycles. The van der Waals surface area contributed by atoms with Crippen LogP contribution in [0.1, 0.15) is 25.8 Å². The highest BCUT2D eigenvalue weighted by molar-refractivity contribution is 5.76. The maximum Gasteiger partial charge on any atom is 0.407 e. The summed E-state index contributed by atoms with van der Waals surface area (Å²) in [5.74, 6) is 0.795. The van der Waals surface area contributed by atoms with E-state index in [9.17, 15) is 15.2 Å². The minimum absolute atomic E-state index is 0.0542. The Labute approximate surface area is 165 Å². The second-order valence-corrected chi connectivity index (χ2v) is 6.76. The van der Waals surface area contributed by atoms with Crippen LogP contribution in [0.5, 0.6) is 5.75 Å². The molecule has 6 heteroatoms. The zero-order chi connectivity index (χ0) is 20.1. The minimum Gasteiger partial charge on any atom is -0.493 e. The number of anilines is 1. The van der Waals surface area contributed by atoms with Crippen molar-refractivity contribution in [2.75, 3.05) is 31.1 Å². The standard InChI is InChI=1S/C22H25N3O3/c1-3-18-15-24(22(26)27)11-12-25(18)20-10-9-16(13-17(20)14-23)19-7-5-6-8-21(19)28-4-2/h5-10,13,18H,3-4,11-12,15H2,1-2H3,(H,26,27)/t18-/m1/s1. The van der Waals surface area contributed by atoms with Crippen LogP contribution in [-0.2, 0) is 0 Å². The van der Waals surface area contributed by atoms with E-state index in [0.717, 1.165) is 29.0 Å². The Hall–Kier alpha value is -3.20. The summed E-state index contributed by atoms with van der Waals surface area (Å²) >= 11 is 0. The molecule has 2 aromatic carbocycles. The van der Waals surface area contributed by atoms with Gasteiger partial charge in [-0.05, 0) is 37.1 Å². The molecule has 1 saturated heterocycles. The van der Waals surface area contributed by atoms with Crippen molar-refractivity contribution in [2.45, 2.75) is 26.3 Å². The van der Waals surface area contributed by atoms with Crippen LogP contribution in [0.2, 0.25) is 0 Å². The molecule has 0 bridgehead atoms. The summed E-state index contributed by atoms with van der Waals surface area (Å²) in [6.07, 6.45) is -0.0784. The normalized spacial score (nSPS) is 16.5. The van der Waals surface area contributed by atoms with Crippen molar-refractivity contribution < 1.29 is 14.6 Å². The number of carboxylic acid groups (broad SMARTS) is 1. The van der Waals surface area contributed by atoms with E-state index in [1.165, 1.54) is 4.90 Å². The monoisotopic (exact) mass is 379 g/mol. The van der Waals surface area contributed by atoms with Crippen molar-refractivity contribution in [1.29, 1.82) is 5.26 Å². The molecule has 1 amide bonds. The van der Waals surface area contributed by atoms with Gasteiger partial charge in [0.1, 0.15) is 11.8 Å². The van der Waals surface area contributed by atoms with Crippen LogP contribution in [0, 0.1) is 11.3 Å². The predicted octanol–water partition coefficient (Wildman–Crippen LogP) is 4.20. The van der Waals surface area contributed by atoms with Gasteiger partial charge < -0.3 is 19.6 Å². The van der Waals surface area contributed by atoms with Crippen LogP contribution in [0.4, 0.5) is 10.5 Å². The van der Waals surface area contributed by atoms with E-state index in [1.54, 1.807) is 0 Å². The summed E-state index contributed by atoms with van der Waals surface area (Å²) in [5.41, 5.74) is 3.33. The molecule has 1 aliphatic rings. The van der Waals surface area contributed by atoms with E-state index in [4.69, 9.17) is 4.74 Å². The molecule has 1 aliphatic heterocycles. The van der Waals surface area contributed by atoms with E-state index in [2.05, 4.69) is 11.0 Å². The smallest absolute Gasteiger partial charge is 0.407 e. The van der Waals surface area contributed by atoms with E-state index in [-0.39, 0.29) is 6.04 Å². The van der Waals surface area contributed by atoms with E-state index in [0.29, 0.717) is 31.8 Å². The molecule has 1 fully saturated rings. The Morgan fingerprint density at radius 1 is 1.25 bits per heavy atom. The predicted molar refractivity (Wildman–Crippen MR) is 109 cm³/mol. The lowest BCUT2D eigenvalue weighted by atomic mass is 9.99. The van der Waals surface area contributed by atoms with Crippen LogP contribution >= 0.6 is 0 Å². The summed E-state index contributed by atoms with van der Waals surface area (Å²) in [4.78, 5) is 14.9. The quantitative estimate of drug-likeness (QED) is 0.842. The van der Waals surface area contributed by atoms with Crippen molar-refractivity contribution in [1.82, 2.24) is 4.90 Å². The summed E-state index contributed by atoms with van der Waals surface area (Å²) in [6.45, 7) is 6.03. The summed E-state index contributed by atoms with van der Waals surface area (Å²) in [7, 11) is 0. The molecular formula is C22H25N3O3. The lowest BCUT2D eigenvalue weighted by molar-refractivity contribution is 0.134. The number of piperazine rings is 1. The first-order valence-corrected chi connectivity index (χ1v) is 9.59. The molecule has 3 rings (SSSR count). The van der Waals surface area contributed by atoms with Crippen molar-refractivity contribution in [3.05, 3.63) is 48.0 Å². The lowest BCUT2D eigenvalue weighted by Crippen LogP contribution is -2.54. The number of benzene rings is 2. The van der Waals surface area contributed by atoms with E-state index >= 15 is 0 Å². The first-order valence-electron chi connectivity index (χ1n) is 9.59. The number of ether oxygens (including phenoxy) is 1. The molecule has 0 saturated carbocycles. The van der Waals surface area contributed by atoms with Gasteiger partial charge in [0.15, 0.2) is 0 Å². The fraction of sp³-hybridized carbons (Fsp3) is 0.364. The third-order valence-electron chi connectivity index (χ3n) is 5.15. The van der Waals surface area contributed by atoms with Crippen molar-refractivity contribution >= 4 is 11.8 Å². The van der Waals surface area contributed by atoms with Gasteiger partial charge in [-0.15, -0.1) is 0 Å². The molecule has 28 heavy (non-hydrogen) atoms. The Balaban J connectivity index is 1.95. The molecule has 6 nitrogen and oxygen atoms in total. The summed E-state index contributed by atoms with van der Waals surface area (Å²) in [6, 6.07) is 16.0. The summed E-state index contributed by atoms with van der Waals surface area (Å²) in [5, 5.41) is 19.1. The van der Waals surface area contributed by atoms with Crippen LogP contribution in [0.15, 0.2) is 42.5 Å². The Morgan fingerprint density at radius 2 is 2.04 bits per heavy atom. The number of rotatable bonds is 5. The van der Waals surface area contributed by atoms with Gasteiger partial charge in [-0.3, -0.25) is 0 Å². The molecule has 0 radical (unpaired) electrons. The lowest BCUT2D eigenvalue weighted by Gasteiger charge is -2.41. The fourth-order valence-corrected chi connectivity index (χ4v) is 3.73. The SMILES string of the molecule is CCOc1ccccc1-c1ccc(N2CCN(C(=O)O)C[C@H]2CC)c(C#N)c1. The van der Waals surface area contributed by atoms with Gasteiger partial charge in [-0.1, -0.05) is 31.2 Å². The number of nitriles is 1. The largest absolute Gasteiger partial charge is 0.493 e. The highest BCUT2D eigenvalue weighted by atomic mass is 16.5. The highest BCUT2D eigenvalue weighted by Crippen LogP contribution is 2.34. The second kappa shape index (κ2) is 8.66. The second-order valence-electron chi connectivity index (χ2n) is 6.76. The van der Waals surface area contributed by atoms with Crippen LogP contribution < -0.4 is 9.64 Å². The topological polar surface area (TPSA) is 76.8 Å². The van der Waals surface area contributed by atoms with E-state index < -0.39 is 6.09 Å². The van der Waals surface area contributed by atoms with Gasteiger partial charge in [0.25, 0.3) is 0 Å². The van der Waals surface area contributed by atoms with Crippen molar-refractivity contribution in [2.24, 2.45) is 0 Å². The Kier molecular flexibility index (Phi) is 6.05. The fourth-order valence-electron chi connectivity index (χ4n) is 3.73. The zero-order valence-electron chi connectivity index (χ0n) is 16.3. The van der Waals surface area contributed by atoms with Crippen LogP contribution in [0.25, 0.3) is 11.1 Å². The summed E-state index contributed by atoms with van der Waals surface area (Å²) < 4.78 is 5.73. The molecule has 1 atom stereocenters. The van der Waals surface area contributed by atoms with Gasteiger partial charge in [0.05, 0.1) is 17.9 Å². The number of para-hydroxylation sites is 1. The Morgan fingerprint density at radius 3 is 2.71 bits per heavy atom. The maximum atomic E-state index is 11.3. The van der Waals surface area contributed by atoms with Crippen LogP contribution in [0.3, 0.4) is 0 Å². The average Bonchev–Trinajstić information content (AvgIpc) is 2.73. The maximum absolute atomic E-state index is 11.3. The minimum atomic E-state index is -0.888. The molecule has 1 heterocycles. The highest BCUT2D eigenvalue weighted by Gasteiger charge is 2.29. The number of hydrogen-bond donors (Lipinski definition) is 1. The number of amides is 1. The molecule has 0 spiro atoms. The van der Waals surface area contributed by atoms with Gasteiger partial charge >= 0.3 is 6.09 Å². The van der Waals surface area contributed by atoms with Gasteiger partial charge in [0.2, 0.25) is 0 Å². The van der Waals surface area contributed by atoms with Crippen LogP contribution in [-0.4, -0.2) is 48.4 Å². The number of hydrogen-bond acceptors (Lipinski definition) is 4. The van der Waals surface area contributed by atoms with Crippen molar-refractivity contribution in [3.63, 3.8) is 0 Å². The van der Waals surface area contributed by atoms with Gasteiger partial charge in [0, 0.05) is 31.2 Å². The number of carbonyl (C=O) groups is 1. The molecule has 0 unspecified atom stereocenters. The average molecular weight is 379 g/mol. The molecule has 2 aromatic rings. The molecule has 0 aromatic heterocycles. The third kappa shape index (κ3) is 3.89. The van der Waals surface area contributed by atoms with E-state index in [1.807, 2.05) is 56.3 Å². The van der Waals surface area contributed by atoms with Crippen molar-refractivity contribution in [3.8, 4) is 22.9 Å². The van der Waals surface area contributed by atoms with Gasteiger partial charge in [-0.2, -0.15) is 5.26 Å². The molecule has 146 valence electrons. The van der Waals surface area contributed by atoms with Gasteiger partial charge in [-0.25, -0.2) is 4.79 Å². The zero-order valence-corrected chi connectivity index (χ0v) is 16.3. The molecular weight excluding hydrogens is 354 g/mol. The Bertz CT molecular complexity index is 891. The molecule has 1 N–H and O–H groups in total. The first-order chi connectivity index (χ1) is 13.6. The number of nitrogens with zero attached hydrogens (tertiary/aromatic N) is 3. The first kappa shape index (κ1) is 19.6.